The second-order valence-corrected chi connectivity index (χ2v) is 11.4. The zero-order chi connectivity index (χ0) is 26.5. The first-order chi connectivity index (χ1) is 17.5. The number of aromatic nitrogens is 1. The third-order valence-corrected chi connectivity index (χ3v) is 7.89. The van der Waals surface area contributed by atoms with Gasteiger partial charge in [-0.2, -0.15) is 10.5 Å². The average Bonchev–Trinajstić information content (AvgIpc) is 3.23. The number of hydrogen-bond acceptors (Lipinski definition) is 5. The highest BCUT2D eigenvalue weighted by Crippen LogP contribution is 2.46. The molecule has 1 aliphatic heterocycles. The Hall–Kier alpha value is -3.95. The third kappa shape index (κ3) is 4.30. The molecule has 2 heterocycles. The van der Waals surface area contributed by atoms with Crippen molar-refractivity contribution in [2.24, 2.45) is 5.41 Å². The van der Waals surface area contributed by atoms with Crippen LogP contribution in [0.4, 0.5) is 14.3 Å². The summed E-state index contributed by atoms with van der Waals surface area (Å²) in [4.78, 5) is 1.87. The van der Waals surface area contributed by atoms with E-state index in [4.69, 9.17) is 4.65 Å². The van der Waals surface area contributed by atoms with Gasteiger partial charge in [-0.3, -0.25) is 4.48 Å². The van der Waals surface area contributed by atoms with Gasteiger partial charge in [0, 0.05) is 31.4 Å². The first-order valence-corrected chi connectivity index (χ1v) is 12.8. The van der Waals surface area contributed by atoms with Crippen LogP contribution in [0.25, 0.3) is 26.9 Å². The number of benzene rings is 2. The quantitative estimate of drug-likeness (QED) is 0.290. The van der Waals surface area contributed by atoms with Gasteiger partial charge >= 0.3 is 7.04 Å². The molecule has 0 radical (unpaired) electrons. The highest BCUT2D eigenvalue weighted by atomic mass is 32.1. The van der Waals surface area contributed by atoms with E-state index in [1.165, 1.54) is 11.3 Å². The van der Waals surface area contributed by atoms with Crippen molar-refractivity contribution in [2.75, 3.05) is 19.0 Å². The fourth-order valence-corrected chi connectivity index (χ4v) is 6.42. The normalized spacial score (nSPS) is 17.3. The molecule has 9 heteroatoms. The maximum Gasteiger partial charge on any atom is 0.835 e. The molecule has 37 heavy (non-hydrogen) atoms. The largest absolute Gasteiger partial charge is 0.835 e. The number of allylic oxidation sites excluding steroid dienone is 5. The second kappa shape index (κ2) is 8.86. The van der Waals surface area contributed by atoms with Crippen molar-refractivity contribution in [2.45, 2.75) is 26.7 Å². The lowest BCUT2D eigenvalue weighted by Gasteiger charge is -2.31. The van der Waals surface area contributed by atoms with Gasteiger partial charge in [0.25, 0.3) is 0 Å². The number of anilines is 1. The van der Waals surface area contributed by atoms with E-state index in [1.807, 2.05) is 73.6 Å². The van der Waals surface area contributed by atoms with E-state index < -0.39 is 7.04 Å². The molecule has 186 valence electrons. The van der Waals surface area contributed by atoms with Crippen molar-refractivity contribution in [1.82, 2.24) is 0 Å². The minimum absolute atomic E-state index is 0.102. The van der Waals surface area contributed by atoms with Crippen LogP contribution in [0, 0.1) is 28.1 Å². The Labute approximate surface area is 218 Å². The van der Waals surface area contributed by atoms with E-state index in [1.54, 1.807) is 12.1 Å². The highest BCUT2D eigenvalue weighted by Gasteiger charge is 2.53. The number of halogens is 2. The lowest BCUT2D eigenvalue weighted by Crippen LogP contribution is -2.65. The van der Waals surface area contributed by atoms with Gasteiger partial charge in [-0.15, -0.1) is 0 Å². The third-order valence-electron chi connectivity index (χ3n) is 6.72. The Kier molecular flexibility index (Phi) is 5.93. The monoisotopic (exact) mass is 514 g/mol. The highest BCUT2D eigenvalue weighted by molar-refractivity contribution is 7.21. The summed E-state index contributed by atoms with van der Waals surface area (Å²) >= 11 is 1.32. The van der Waals surface area contributed by atoms with Crippen LogP contribution in [0.5, 0.6) is 5.75 Å². The number of nitriles is 2. The van der Waals surface area contributed by atoms with Gasteiger partial charge in [0.05, 0.1) is 10.3 Å². The molecule has 1 aromatic heterocycles. The van der Waals surface area contributed by atoms with Crippen LogP contribution in [0.2, 0.25) is 0 Å². The number of hydrogen-bond donors (Lipinski definition) is 0. The molecule has 0 amide bonds. The predicted molar refractivity (Wildman–Crippen MR) is 144 cm³/mol. The predicted octanol–water partition coefficient (Wildman–Crippen LogP) is 6.64. The zero-order valence-electron chi connectivity index (χ0n) is 21.0. The minimum Gasteiger partial charge on any atom is -0.598 e. The van der Waals surface area contributed by atoms with Crippen molar-refractivity contribution >= 4 is 40.4 Å². The molecule has 0 atom stereocenters. The first kappa shape index (κ1) is 24.7. The van der Waals surface area contributed by atoms with Gasteiger partial charge < -0.3 is 18.2 Å². The summed E-state index contributed by atoms with van der Waals surface area (Å²) in [6, 6.07) is 14.8. The molecule has 2 aromatic carbocycles. The summed E-state index contributed by atoms with van der Waals surface area (Å²) in [6.45, 7) is 4.17. The number of fused-ring (bicyclic) bond motifs is 5. The Morgan fingerprint density at radius 2 is 1.84 bits per heavy atom. The van der Waals surface area contributed by atoms with Crippen LogP contribution < -0.4 is 14.0 Å². The van der Waals surface area contributed by atoms with Gasteiger partial charge in [-0.25, -0.2) is 0 Å². The fraction of sp³-hybridized carbons (Fsp3) is 0.250. The number of para-hydroxylation sites is 1. The van der Waals surface area contributed by atoms with E-state index in [0.717, 1.165) is 26.9 Å². The van der Waals surface area contributed by atoms with Crippen molar-refractivity contribution in [3.8, 4) is 28.5 Å². The topological polar surface area (TPSA) is 63.9 Å². The fourth-order valence-electron chi connectivity index (χ4n) is 5.20. The molecule has 0 saturated heterocycles. The molecular formula is C28H25BF2N4OS. The van der Waals surface area contributed by atoms with Gasteiger partial charge in [0.15, 0.2) is 5.52 Å². The second-order valence-electron chi connectivity index (χ2n) is 10.4. The number of rotatable bonds is 3. The Bertz CT molecular complexity index is 1600. The van der Waals surface area contributed by atoms with E-state index in [-0.39, 0.29) is 16.7 Å². The SMILES string of the molecule is CN(C)c1ccc2c(c1/C=C/C1=CC(=C(C#N)C#N)CC(C)(C)C1)O[B-](F)(F)[n+]1c-2sc2ccccc21. The molecule has 0 spiro atoms. The number of thiazole rings is 1. The zero-order valence-corrected chi connectivity index (χ0v) is 21.9. The summed E-state index contributed by atoms with van der Waals surface area (Å²) in [5.41, 5.74) is 3.94. The molecule has 2 aliphatic rings. The van der Waals surface area contributed by atoms with Gasteiger partial charge in [-0.05, 0) is 53.7 Å². The molecule has 1 aliphatic carbocycles. The molecule has 5 nitrogen and oxygen atoms in total. The van der Waals surface area contributed by atoms with Crippen LogP contribution >= 0.6 is 11.3 Å². The number of nitrogens with zero attached hydrogens (tertiary/aromatic N) is 4. The van der Waals surface area contributed by atoms with Crippen molar-refractivity contribution < 1.29 is 17.8 Å². The molecule has 0 bridgehead atoms. The summed E-state index contributed by atoms with van der Waals surface area (Å²) in [5, 5.41) is 19.2. The van der Waals surface area contributed by atoms with E-state index in [2.05, 4.69) is 13.8 Å². The van der Waals surface area contributed by atoms with E-state index >= 15 is 8.63 Å². The van der Waals surface area contributed by atoms with Gasteiger partial charge in [-0.1, -0.05) is 49.5 Å². The minimum atomic E-state index is -4.35. The van der Waals surface area contributed by atoms with Crippen LogP contribution in [-0.4, -0.2) is 21.1 Å². The summed E-state index contributed by atoms with van der Waals surface area (Å²) in [7, 11) is -0.626. The molecule has 0 unspecified atom stereocenters. The van der Waals surface area contributed by atoms with Gasteiger partial charge in [0.1, 0.15) is 23.5 Å². The van der Waals surface area contributed by atoms with Crippen LogP contribution in [-0.2, 0) is 0 Å². The maximum absolute atomic E-state index is 15.6. The standard InChI is InChI=1S/C28H25BF2N4OS/c1-28(2)14-18(13-19(15-28)20(16-32)17-33)9-10-21-23(34(3)4)12-11-22-26(21)36-29(30,31)35-24-7-5-6-8-25(24)37-27(22)35/h5-13H,14-15H2,1-4H3/b10-9+. The summed E-state index contributed by atoms with van der Waals surface area (Å²) < 4.78 is 38.4. The molecule has 5 rings (SSSR count). The van der Waals surface area contributed by atoms with Crippen molar-refractivity contribution in [3.05, 3.63) is 70.8 Å². The Morgan fingerprint density at radius 3 is 2.54 bits per heavy atom. The maximum atomic E-state index is 15.6. The van der Waals surface area contributed by atoms with E-state index in [0.29, 0.717) is 33.6 Å². The first-order valence-electron chi connectivity index (χ1n) is 11.9. The van der Waals surface area contributed by atoms with Crippen LogP contribution in [0.15, 0.2) is 65.3 Å². The van der Waals surface area contributed by atoms with Crippen molar-refractivity contribution in [1.29, 1.82) is 10.5 Å². The van der Waals surface area contributed by atoms with Crippen LogP contribution in [0.3, 0.4) is 0 Å². The summed E-state index contributed by atoms with van der Waals surface area (Å²) in [5.74, 6) is 0.153. The molecular weight excluding hydrogens is 489 g/mol. The molecule has 0 N–H and O–H groups in total. The molecule has 3 aromatic rings. The van der Waals surface area contributed by atoms with Crippen molar-refractivity contribution in [3.63, 3.8) is 0 Å². The van der Waals surface area contributed by atoms with Crippen LogP contribution in [0.1, 0.15) is 32.3 Å². The Balaban J connectivity index is 1.69. The lowest BCUT2D eigenvalue weighted by molar-refractivity contribution is -0.537. The van der Waals surface area contributed by atoms with Gasteiger partial charge in [0.2, 0.25) is 5.01 Å². The molecule has 0 saturated carbocycles. The molecule has 0 fully saturated rings. The Morgan fingerprint density at radius 1 is 1.11 bits per heavy atom. The summed E-state index contributed by atoms with van der Waals surface area (Å²) in [6.07, 6.45) is 6.91. The van der Waals surface area contributed by atoms with E-state index in [9.17, 15) is 10.5 Å². The average molecular weight is 514 g/mol. The lowest BCUT2D eigenvalue weighted by atomic mass is 9.74. The smallest absolute Gasteiger partial charge is 0.598 e.